The number of hydrogen-bond acceptors (Lipinski definition) is 6. The lowest BCUT2D eigenvalue weighted by Gasteiger charge is -2.12. The van der Waals surface area contributed by atoms with Crippen LogP contribution in [0.2, 0.25) is 0 Å². The standard InChI is InChI=1S/C34H28N6/c1-3-9-25(10-4-1)23-36-29-18-14-27(15-19-29)32-33(39-40-34(38-32)31-13-7-8-22-35-31)28-16-20-30(21-17-28)37-24-26-11-5-2-6-12-26/h1-22,36-37H,23-24H2. The van der Waals surface area contributed by atoms with E-state index in [1.54, 1.807) is 6.20 Å². The molecule has 2 aromatic heterocycles. The number of nitrogens with one attached hydrogen (secondary N) is 2. The normalized spacial score (nSPS) is 10.7. The Kier molecular flexibility index (Phi) is 7.49. The molecule has 0 unspecified atom stereocenters. The van der Waals surface area contributed by atoms with Crippen LogP contribution < -0.4 is 10.6 Å². The first kappa shape index (κ1) is 24.9. The van der Waals surface area contributed by atoms with Crippen LogP contribution in [-0.2, 0) is 13.1 Å². The van der Waals surface area contributed by atoms with Crippen molar-refractivity contribution in [1.82, 2.24) is 20.2 Å². The van der Waals surface area contributed by atoms with Crippen LogP contribution in [0.15, 0.2) is 134 Å². The summed E-state index contributed by atoms with van der Waals surface area (Å²) in [7, 11) is 0. The number of aromatic nitrogens is 4. The summed E-state index contributed by atoms with van der Waals surface area (Å²) in [6.45, 7) is 1.52. The monoisotopic (exact) mass is 520 g/mol. The van der Waals surface area contributed by atoms with Crippen molar-refractivity contribution in [2.45, 2.75) is 13.1 Å². The molecule has 0 amide bonds. The molecule has 0 spiro atoms. The predicted octanol–water partition coefficient (Wildman–Crippen LogP) is 7.49. The molecule has 6 rings (SSSR count). The molecular formula is C34H28N6. The highest BCUT2D eigenvalue weighted by Crippen LogP contribution is 2.31. The lowest BCUT2D eigenvalue weighted by atomic mass is 10.0. The topological polar surface area (TPSA) is 75.6 Å². The minimum absolute atomic E-state index is 0.492. The zero-order valence-corrected chi connectivity index (χ0v) is 21.9. The van der Waals surface area contributed by atoms with Crippen LogP contribution in [0.3, 0.4) is 0 Å². The van der Waals surface area contributed by atoms with Crippen LogP contribution >= 0.6 is 0 Å². The maximum absolute atomic E-state index is 4.94. The molecule has 0 aliphatic rings. The van der Waals surface area contributed by atoms with Gasteiger partial charge in [0.25, 0.3) is 0 Å². The van der Waals surface area contributed by atoms with E-state index in [0.29, 0.717) is 11.5 Å². The summed E-state index contributed by atoms with van der Waals surface area (Å²) in [4.78, 5) is 9.37. The highest BCUT2D eigenvalue weighted by molar-refractivity contribution is 5.79. The highest BCUT2D eigenvalue weighted by Gasteiger charge is 2.15. The Morgan fingerprint density at radius 2 is 1.00 bits per heavy atom. The number of rotatable bonds is 9. The maximum atomic E-state index is 4.94. The molecule has 0 bridgehead atoms. The van der Waals surface area contributed by atoms with Crippen LogP contribution in [0, 0.1) is 0 Å². The van der Waals surface area contributed by atoms with Crippen LogP contribution in [0.1, 0.15) is 11.1 Å². The van der Waals surface area contributed by atoms with E-state index in [9.17, 15) is 0 Å². The first-order valence-corrected chi connectivity index (χ1v) is 13.2. The van der Waals surface area contributed by atoms with Gasteiger partial charge in [0.1, 0.15) is 17.1 Å². The summed E-state index contributed by atoms with van der Waals surface area (Å²) in [6.07, 6.45) is 1.74. The van der Waals surface area contributed by atoms with Gasteiger partial charge >= 0.3 is 0 Å². The van der Waals surface area contributed by atoms with Crippen LogP contribution in [0.5, 0.6) is 0 Å². The van der Waals surface area contributed by atoms with Crippen molar-refractivity contribution in [2.24, 2.45) is 0 Å². The molecule has 4 aromatic carbocycles. The fourth-order valence-corrected chi connectivity index (χ4v) is 4.42. The fraction of sp³-hybridized carbons (Fsp3) is 0.0588. The van der Waals surface area contributed by atoms with E-state index in [1.165, 1.54) is 11.1 Å². The third-order valence-corrected chi connectivity index (χ3v) is 6.58. The Bertz CT molecular complexity index is 1650. The van der Waals surface area contributed by atoms with Crippen molar-refractivity contribution in [3.05, 3.63) is 145 Å². The van der Waals surface area contributed by atoms with E-state index in [2.05, 4.69) is 111 Å². The SMILES string of the molecule is c1ccc(CNc2ccc(-c3nnc(-c4ccccn4)nc3-c3ccc(NCc4ccccc4)cc3)cc2)cc1. The van der Waals surface area contributed by atoms with Gasteiger partial charge in [-0.2, -0.15) is 0 Å². The van der Waals surface area contributed by atoms with Gasteiger partial charge in [-0.1, -0.05) is 91.0 Å². The summed E-state index contributed by atoms with van der Waals surface area (Å²) in [5, 5.41) is 16.0. The molecule has 40 heavy (non-hydrogen) atoms. The third kappa shape index (κ3) is 6.03. The Balaban J connectivity index is 1.27. The average molecular weight is 521 g/mol. The number of anilines is 2. The molecule has 194 valence electrons. The first-order valence-electron chi connectivity index (χ1n) is 13.2. The molecule has 0 saturated carbocycles. The smallest absolute Gasteiger partial charge is 0.201 e. The second-order valence-electron chi connectivity index (χ2n) is 9.38. The fourth-order valence-electron chi connectivity index (χ4n) is 4.42. The molecule has 0 atom stereocenters. The maximum Gasteiger partial charge on any atom is 0.201 e. The first-order chi connectivity index (χ1) is 19.8. The van der Waals surface area contributed by atoms with Crippen LogP contribution in [0.25, 0.3) is 34.0 Å². The van der Waals surface area contributed by atoms with Gasteiger partial charge in [0.2, 0.25) is 5.82 Å². The van der Waals surface area contributed by atoms with Gasteiger partial charge in [0, 0.05) is 41.8 Å². The van der Waals surface area contributed by atoms with Crippen molar-refractivity contribution >= 4 is 11.4 Å². The number of pyridine rings is 1. The highest BCUT2D eigenvalue weighted by atomic mass is 15.2. The second kappa shape index (κ2) is 12.0. The molecule has 6 aromatic rings. The molecule has 2 heterocycles. The summed E-state index contributed by atoms with van der Waals surface area (Å²) in [5.74, 6) is 0.492. The molecule has 2 N–H and O–H groups in total. The van der Waals surface area contributed by atoms with Gasteiger partial charge in [-0.25, -0.2) is 4.98 Å². The predicted molar refractivity (Wildman–Crippen MR) is 161 cm³/mol. The summed E-state index contributed by atoms with van der Waals surface area (Å²) in [5.41, 5.74) is 8.60. The molecule has 0 radical (unpaired) electrons. The van der Waals surface area contributed by atoms with E-state index < -0.39 is 0 Å². The van der Waals surface area contributed by atoms with Crippen LogP contribution in [-0.4, -0.2) is 20.2 Å². The molecule has 0 fully saturated rings. The summed E-state index contributed by atoms with van der Waals surface area (Å²) < 4.78 is 0. The minimum Gasteiger partial charge on any atom is -0.381 e. The Hall–Kier alpha value is -5.36. The number of benzene rings is 4. The van der Waals surface area contributed by atoms with Crippen LogP contribution in [0.4, 0.5) is 11.4 Å². The molecule has 0 aliphatic carbocycles. The van der Waals surface area contributed by atoms with E-state index in [4.69, 9.17) is 4.98 Å². The Labute approximate surface area is 233 Å². The Morgan fingerprint density at radius 3 is 1.52 bits per heavy atom. The number of nitrogens with zero attached hydrogens (tertiary/aromatic N) is 4. The van der Waals surface area contributed by atoms with Gasteiger partial charge in [0.05, 0.1) is 0 Å². The summed E-state index contributed by atoms with van der Waals surface area (Å²) >= 11 is 0. The van der Waals surface area contributed by atoms with Crippen molar-refractivity contribution in [3.8, 4) is 34.0 Å². The number of hydrogen-bond donors (Lipinski definition) is 2. The molecule has 6 nitrogen and oxygen atoms in total. The van der Waals surface area contributed by atoms with Crippen molar-refractivity contribution in [1.29, 1.82) is 0 Å². The lowest BCUT2D eigenvalue weighted by Crippen LogP contribution is -2.02. The van der Waals surface area contributed by atoms with Gasteiger partial charge < -0.3 is 10.6 Å². The van der Waals surface area contributed by atoms with Crippen molar-refractivity contribution in [3.63, 3.8) is 0 Å². The van der Waals surface area contributed by atoms with Gasteiger partial charge in [-0.05, 0) is 47.5 Å². The Morgan fingerprint density at radius 1 is 0.475 bits per heavy atom. The van der Waals surface area contributed by atoms with E-state index in [1.807, 2.05) is 42.5 Å². The van der Waals surface area contributed by atoms with E-state index >= 15 is 0 Å². The van der Waals surface area contributed by atoms with Gasteiger partial charge in [0.15, 0.2) is 0 Å². The second-order valence-corrected chi connectivity index (χ2v) is 9.38. The van der Waals surface area contributed by atoms with E-state index in [0.717, 1.165) is 47.0 Å². The largest absolute Gasteiger partial charge is 0.381 e. The lowest BCUT2D eigenvalue weighted by molar-refractivity contribution is 0.981. The van der Waals surface area contributed by atoms with E-state index in [-0.39, 0.29) is 0 Å². The molecule has 0 aliphatic heterocycles. The summed E-state index contributed by atoms with van der Waals surface area (Å²) in [6, 6.07) is 42.9. The zero-order chi connectivity index (χ0) is 27.0. The molecule has 6 heteroatoms. The molecule has 0 saturated heterocycles. The van der Waals surface area contributed by atoms with Crippen molar-refractivity contribution in [2.75, 3.05) is 10.6 Å². The quantitative estimate of drug-likeness (QED) is 0.206. The zero-order valence-electron chi connectivity index (χ0n) is 21.9. The van der Waals surface area contributed by atoms with Gasteiger partial charge in [-0.15, -0.1) is 10.2 Å². The third-order valence-electron chi connectivity index (χ3n) is 6.58. The minimum atomic E-state index is 0.492. The van der Waals surface area contributed by atoms with Crippen molar-refractivity contribution < 1.29 is 0 Å². The van der Waals surface area contributed by atoms with Gasteiger partial charge in [-0.3, -0.25) is 4.98 Å². The molecular weight excluding hydrogens is 492 g/mol. The average Bonchev–Trinajstić information content (AvgIpc) is 3.04.